The molecule has 1 aliphatic rings. The summed E-state index contributed by atoms with van der Waals surface area (Å²) >= 11 is 13.2. The summed E-state index contributed by atoms with van der Waals surface area (Å²) in [5, 5.41) is 8.40. The van der Waals surface area contributed by atoms with Crippen LogP contribution < -0.4 is 10.7 Å². The van der Waals surface area contributed by atoms with Crippen molar-refractivity contribution in [1.82, 2.24) is 5.32 Å². The summed E-state index contributed by atoms with van der Waals surface area (Å²) in [6.07, 6.45) is 1.71. The van der Waals surface area contributed by atoms with Crippen molar-refractivity contribution in [3.8, 4) is 0 Å². The van der Waals surface area contributed by atoms with Crippen molar-refractivity contribution in [1.29, 1.82) is 0 Å². The molecule has 1 fully saturated rings. The van der Waals surface area contributed by atoms with E-state index >= 15 is 0 Å². The van der Waals surface area contributed by atoms with E-state index in [9.17, 15) is 4.79 Å². The van der Waals surface area contributed by atoms with Crippen LogP contribution in [0.1, 0.15) is 5.56 Å². The van der Waals surface area contributed by atoms with Crippen LogP contribution >= 0.6 is 35.0 Å². The van der Waals surface area contributed by atoms with Gasteiger partial charge in [-0.15, -0.1) is 5.10 Å². The van der Waals surface area contributed by atoms with Gasteiger partial charge in [0.1, 0.15) is 0 Å². The molecule has 2 N–H and O–H groups in total. The van der Waals surface area contributed by atoms with E-state index in [2.05, 4.69) is 15.8 Å². The van der Waals surface area contributed by atoms with Crippen LogP contribution in [0.3, 0.4) is 0 Å². The monoisotopic (exact) mass is 363 g/mol. The number of nitrogens with one attached hydrogen (secondary N) is 2. The number of carbonyl (C=O) groups excluding carboxylic acids is 1. The van der Waals surface area contributed by atoms with Crippen LogP contribution in [0.4, 0.5) is 5.69 Å². The van der Waals surface area contributed by atoms with Gasteiger partial charge in [-0.3, -0.25) is 15.5 Å². The molecule has 2 aromatic rings. The lowest BCUT2D eigenvalue weighted by molar-refractivity contribution is -0.115. The second kappa shape index (κ2) is 7.08. The third kappa shape index (κ3) is 4.07. The number of rotatable bonds is 3. The molecule has 0 aromatic heterocycles. The highest BCUT2D eigenvalue weighted by molar-refractivity contribution is 8.18. The number of carbonyl (C=O) groups is 1. The Bertz CT molecular complexity index is 806. The zero-order valence-corrected chi connectivity index (χ0v) is 14.0. The van der Waals surface area contributed by atoms with E-state index in [0.29, 0.717) is 20.1 Å². The molecule has 0 unspecified atom stereocenters. The Labute approximate surface area is 147 Å². The maximum atomic E-state index is 12.0. The lowest BCUT2D eigenvalue weighted by atomic mass is 10.2. The van der Waals surface area contributed by atoms with E-state index in [1.807, 2.05) is 30.3 Å². The first-order valence-corrected chi connectivity index (χ1v) is 8.24. The number of amidine groups is 1. The van der Waals surface area contributed by atoms with Crippen molar-refractivity contribution in [3.63, 3.8) is 0 Å². The molecule has 0 saturated carbocycles. The molecular weight excluding hydrogens is 353 g/mol. The Kier molecular flexibility index (Phi) is 4.91. The van der Waals surface area contributed by atoms with Gasteiger partial charge in [0.25, 0.3) is 5.91 Å². The number of amides is 1. The fraction of sp³-hybridized carbons (Fsp3) is 0. The van der Waals surface area contributed by atoms with Crippen LogP contribution in [-0.2, 0) is 4.79 Å². The Hall–Kier alpha value is -1.95. The van der Waals surface area contributed by atoms with E-state index in [-0.39, 0.29) is 5.91 Å². The fourth-order valence-electron chi connectivity index (χ4n) is 1.87. The molecule has 1 saturated heterocycles. The molecular formula is C16H11Cl2N3OS. The topological polar surface area (TPSA) is 53.5 Å². The largest absolute Gasteiger partial charge is 0.299 e. The standard InChI is InChI=1S/C16H11Cl2N3OS/c17-11-7-6-10(13(18)9-11)8-14-15(22)19-16(23-14)21-20-12-4-2-1-3-5-12/h1-9,20H,(H,19,21,22)/b14-8+. The van der Waals surface area contributed by atoms with Gasteiger partial charge in [0.15, 0.2) is 5.17 Å². The van der Waals surface area contributed by atoms with Gasteiger partial charge in [-0.25, -0.2) is 0 Å². The lowest BCUT2D eigenvalue weighted by Gasteiger charge is -2.00. The number of benzene rings is 2. The summed E-state index contributed by atoms with van der Waals surface area (Å²) < 4.78 is 0. The van der Waals surface area contributed by atoms with Gasteiger partial charge in [0.2, 0.25) is 0 Å². The number of hydrogen-bond donors (Lipinski definition) is 2. The number of para-hydroxylation sites is 1. The molecule has 0 aliphatic carbocycles. The SMILES string of the molecule is O=C1N/C(=N/Nc2ccccc2)S/C1=C/c1ccc(Cl)cc1Cl. The van der Waals surface area contributed by atoms with Crippen LogP contribution in [0.25, 0.3) is 6.08 Å². The van der Waals surface area contributed by atoms with E-state index in [0.717, 1.165) is 11.3 Å². The average molecular weight is 364 g/mol. The predicted octanol–water partition coefficient (Wildman–Crippen LogP) is 4.58. The zero-order chi connectivity index (χ0) is 16.2. The summed E-state index contributed by atoms with van der Waals surface area (Å²) in [5.41, 5.74) is 4.46. The number of anilines is 1. The molecule has 116 valence electrons. The van der Waals surface area contributed by atoms with Crippen LogP contribution in [0.2, 0.25) is 10.0 Å². The van der Waals surface area contributed by atoms with Crippen LogP contribution in [0.5, 0.6) is 0 Å². The van der Waals surface area contributed by atoms with Crippen molar-refractivity contribution in [2.45, 2.75) is 0 Å². The van der Waals surface area contributed by atoms with Crippen molar-refractivity contribution in [2.75, 3.05) is 5.43 Å². The molecule has 23 heavy (non-hydrogen) atoms. The normalized spacial score (nSPS) is 17.6. The molecule has 7 heteroatoms. The molecule has 3 rings (SSSR count). The van der Waals surface area contributed by atoms with Gasteiger partial charge >= 0.3 is 0 Å². The van der Waals surface area contributed by atoms with E-state index in [4.69, 9.17) is 23.2 Å². The molecule has 1 heterocycles. The van der Waals surface area contributed by atoms with Gasteiger partial charge in [-0.2, -0.15) is 0 Å². The summed E-state index contributed by atoms with van der Waals surface area (Å²) in [5.74, 6) is -0.213. The molecule has 0 bridgehead atoms. The summed E-state index contributed by atoms with van der Waals surface area (Å²) in [6.45, 7) is 0. The van der Waals surface area contributed by atoms with Gasteiger partial charge in [-0.05, 0) is 47.7 Å². The zero-order valence-electron chi connectivity index (χ0n) is 11.7. The minimum absolute atomic E-state index is 0.213. The highest BCUT2D eigenvalue weighted by atomic mass is 35.5. The first kappa shape index (κ1) is 15.9. The summed E-state index contributed by atoms with van der Waals surface area (Å²) in [7, 11) is 0. The molecule has 2 aromatic carbocycles. The third-order valence-corrected chi connectivity index (χ3v) is 4.43. The Morgan fingerprint density at radius 3 is 2.65 bits per heavy atom. The van der Waals surface area contributed by atoms with Gasteiger partial charge in [-0.1, -0.05) is 47.5 Å². The Balaban J connectivity index is 1.75. The van der Waals surface area contributed by atoms with Crippen LogP contribution in [0.15, 0.2) is 58.5 Å². The Morgan fingerprint density at radius 2 is 1.91 bits per heavy atom. The predicted molar refractivity (Wildman–Crippen MR) is 97.7 cm³/mol. The highest BCUT2D eigenvalue weighted by Gasteiger charge is 2.24. The first-order valence-electron chi connectivity index (χ1n) is 6.66. The van der Waals surface area contributed by atoms with Gasteiger partial charge < -0.3 is 0 Å². The third-order valence-electron chi connectivity index (χ3n) is 2.96. The maximum absolute atomic E-state index is 12.0. The van der Waals surface area contributed by atoms with Crippen molar-refractivity contribution in [2.24, 2.45) is 5.10 Å². The Morgan fingerprint density at radius 1 is 1.13 bits per heavy atom. The van der Waals surface area contributed by atoms with Crippen LogP contribution in [0, 0.1) is 0 Å². The molecule has 0 spiro atoms. The molecule has 0 atom stereocenters. The molecule has 1 amide bonds. The maximum Gasteiger partial charge on any atom is 0.264 e. The molecule has 4 nitrogen and oxygen atoms in total. The summed E-state index contributed by atoms with van der Waals surface area (Å²) in [4.78, 5) is 12.5. The molecule has 0 radical (unpaired) electrons. The van der Waals surface area contributed by atoms with Crippen molar-refractivity contribution >= 4 is 57.8 Å². The minimum atomic E-state index is -0.213. The second-order valence-electron chi connectivity index (χ2n) is 4.63. The van der Waals surface area contributed by atoms with Crippen molar-refractivity contribution in [3.05, 3.63) is 69.0 Å². The van der Waals surface area contributed by atoms with E-state index in [1.165, 1.54) is 11.8 Å². The molecule has 1 aliphatic heterocycles. The number of hydrogen-bond acceptors (Lipinski definition) is 4. The number of thioether (sulfide) groups is 1. The summed E-state index contributed by atoms with van der Waals surface area (Å²) in [6, 6.07) is 14.6. The minimum Gasteiger partial charge on any atom is -0.299 e. The lowest BCUT2D eigenvalue weighted by Crippen LogP contribution is -2.20. The smallest absolute Gasteiger partial charge is 0.264 e. The average Bonchev–Trinajstić information content (AvgIpc) is 2.89. The number of hydrazone groups is 1. The second-order valence-corrected chi connectivity index (χ2v) is 6.50. The number of nitrogens with zero attached hydrogens (tertiary/aromatic N) is 1. The quantitative estimate of drug-likeness (QED) is 0.619. The van der Waals surface area contributed by atoms with E-state index < -0.39 is 0 Å². The van der Waals surface area contributed by atoms with E-state index in [1.54, 1.807) is 24.3 Å². The highest BCUT2D eigenvalue weighted by Crippen LogP contribution is 2.29. The fourth-order valence-corrected chi connectivity index (χ4v) is 3.10. The number of halogens is 2. The van der Waals surface area contributed by atoms with Gasteiger partial charge in [0.05, 0.1) is 10.6 Å². The van der Waals surface area contributed by atoms with Crippen molar-refractivity contribution < 1.29 is 4.79 Å². The first-order chi connectivity index (χ1) is 11.1. The van der Waals surface area contributed by atoms with Gasteiger partial charge in [0, 0.05) is 10.0 Å². The van der Waals surface area contributed by atoms with Crippen LogP contribution in [-0.4, -0.2) is 11.1 Å².